The van der Waals surface area contributed by atoms with Crippen LogP contribution in [0.5, 0.6) is 0 Å². The van der Waals surface area contributed by atoms with Crippen molar-refractivity contribution in [2.45, 2.75) is 65.1 Å². The van der Waals surface area contributed by atoms with Gasteiger partial charge in [0, 0.05) is 43.4 Å². The molecule has 0 heterocycles. The summed E-state index contributed by atoms with van der Waals surface area (Å²) < 4.78 is 28.0. The summed E-state index contributed by atoms with van der Waals surface area (Å²) in [6.45, 7) is 8.24. The van der Waals surface area contributed by atoms with Crippen LogP contribution in [-0.4, -0.2) is 53.5 Å². The topological polar surface area (TPSA) is 101 Å². The Bertz CT molecular complexity index is 1400. The van der Waals surface area contributed by atoms with Crippen molar-refractivity contribution in [1.82, 2.24) is 15.5 Å². The maximum atomic E-state index is 14.0. The number of aliphatic hydroxyl groups excluding tert-OH is 1. The zero-order chi connectivity index (χ0) is 31.2. The van der Waals surface area contributed by atoms with Gasteiger partial charge in [0.1, 0.15) is 17.5 Å². The summed E-state index contributed by atoms with van der Waals surface area (Å²) in [5.41, 5.74) is 3.51. The van der Waals surface area contributed by atoms with Gasteiger partial charge in [0.2, 0.25) is 6.19 Å². The van der Waals surface area contributed by atoms with Crippen LogP contribution in [0.1, 0.15) is 66.2 Å². The third-order valence-electron chi connectivity index (χ3n) is 7.07. The lowest BCUT2D eigenvalue weighted by atomic mass is 9.99. The Morgan fingerprint density at radius 3 is 2.23 bits per heavy atom. The zero-order valence-corrected chi connectivity index (χ0v) is 25.1. The monoisotopic (exact) mass is 589 g/mol. The smallest absolute Gasteiger partial charge is 0.251 e. The van der Waals surface area contributed by atoms with Crippen LogP contribution < -0.4 is 10.6 Å². The molecule has 43 heavy (non-hydrogen) atoms. The molecule has 0 saturated heterocycles. The number of halogens is 2. The quantitative estimate of drug-likeness (QED) is 0.126. The minimum absolute atomic E-state index is 0.0101. The van der Waals surface area contributed by atoms with E-state index in [2.05, 4.69) is 34.7 Å². The Hall–Kier alpha value is -4.13. The number of nitriles is 1. The third-order valence-corrected chi connectivity index (χ3v) is 7.07. The Balaban J connectivity index is 1.82. The first-order valence-corrected chi connectivity index (χ1v) is 14.8. The molecule has 0 aromatic heterocycles. The lowest BCUT2D eigenvalue weighted by molar-refractivity contribution is 0.0830. The fourth-order valence-corrected chi connectivity index (χ4v) is 5.01. The molecule has 0 spiro atoms. The molecule has 0 radical (unpaired) electrons. The van der Waals surface area contributed by atoms with Gasteiger partial charge in [-0.2, -0.15) is 10.3 Å². The average Bonchev–Trinajstić information content (AvgIpc) is 2.99. The van der Waals surface area contributed by atoms with Crippen LogP contribution in [-0.2, 0) is 19.4 Å². The molecular weight excluding hydrogens is 548 g/mol. The van der Waals surface area contributed by atoms with Crippen molar-refractivity contribution in [2.75, 3.05) is 19.6 Å². The zero-order valence-electron chi connectivity index (χ0n) is 25.1. The van der Waals surface area contributed by atoms with Crippen molar-refractivity contribution < 1.29 is 18.7 Å². The maximum Gasteiger partial charge on any atom is 0.251 e. The number of nitrogens with one attached hydrogen (secondary N) is 2. The van der Waals surface area contributed by atoms with E-state index in [1.165, 1.54) is 17.7 Å². The number of carbonyl (C=O) groups excluding carboxylic acids is 1. The summed E-state index contributed by atoms with van der Waals surface area (Å²) in [6.07, 6.45) is 3.47. The van der Waals surface area contributed by atoms with Gasteiger partial charge in [0.25, 0.3) is 5.91 Å². The van der Waals surface area contributed by atoms with Gasteiger partial charge in [0.05, 0.1) is 12.1 Å². The second-order valence-electron chi connectivity index (χ2n) is 10.5. The predicted molar refractivity (Wildman–Crippen MR) is 166 cm³/mol. The summed E-state index contributed by atoms with van der Waals surface area (Å²) in [5.74, 6) is -1.44. The molecule has 0 aliphatic rings. The molecule has 3 aromatic rings. The summed E-state index contributed by atoms with van der Waals surface area (Å²) in [6, 6.07) is 17.2. The largest absolute Gasteiger partial charge is 0.390 e. The molecule has 0 unspecified atom stereocenters. The number of amidine groups is 1. The summed E-state index contributed by atoms with van der Waals surface area (Å²) >= 11 is 0. The fourth-order valence-electron chi connectivity index (χ4n) is 5.01. The van der Waals surface area contributed by atoms with Gasteiger partial charge in [0.15, 0.2) is 0 Å². The number of hydrogen-bond acceptors (Lipinski definition) is 5. The molecule has 0 aliphatic carbocycles. The lowest BCUT2D eigenvalue weighted by Gasteiger charge is -2.26. The third kappa shape index (κ3) is 10.3. The van der Waals surface area contributed by atoms with Gasteiger partial charge in [-0.1, -0.05) is 57.2 Å². The van der Waals surface area contributed by atoms with Crippen LogP contribution in [0.4, 0.5) is 8.78 Å². The van der Waals surface area contributed by atoms with E-state index in [-0.39, 0.29) is 13.0 Å². The van der Waals surface area contributed by atoms with E-state index in [1.807, 2.05) is 37.1 Å². The summed E-state index contributed by atoms with van der Waals surface area (Å²) in [4.78, 5) is 19.6. The minimum atomic E-state index is -1.06. The fraction of sp³-hybridized carbons (Fsp3) is 0.382. The number of rotatable bonds is 15. The van der Waals surface area contributed by atoms with E-state index >= 15 is 0 Å². The van der Waals surface area contributed by atoms with Crippen LogP contribution >= 0.6 is 0 Å². The Kier molecular flexibility index (Phi) is 13.3. The summed E-state index contributed by atoms with van der Waals surface area (Å²) in [7, 11) is 0. The first-order chi connectivity index (χ1) is 20.8. The van der Waals surface area contributed by atoms with Crippen molar-refractivity contribution >= 4 is 11.7 Å². The second-order valence-corrected chi connectivity index (χ2v) is 10.5. The lowest BCUT2D eigenvalue weighted by Crippen LogP contribution is -2.48. The van der Waals surface area contributed by atoms with Gasteiger partial charge in [-0.3, -0.25) is 4.79 Å². The standard InChI is InChI=1S/C34H41F2N5O2/c1-4-13-41(14-5-2)33(39-23-37)27-11-8-12-28(19-27)34(43)40-31(18-26-16-29(35)20-30(36)17-26)32(42)22-38-21-25-10-7-9-24(6-3)15-25/h7-12,15-17,19-20,31-32,38,42H,4-6,13-14,18,21-22H2,1-3H3,(H,40,43)/b39-33+/t31-,32+/m0/s1. The number of hydrogen-bond donors (Lipinski definition) is 3. The number of carbonyl (C=O) groups is 1. The van der Waals surface area contributed by atoms with Crippen LogP contribution in [0, 0.1) is 23.1 Å². The molecule has 3 aromatic carbocycles. The number of amides is 1. The van der Waals surface area contributed by atoms with Gasteiger partial charge >= 0.3 is 0 Å². The van der Waals surface area contributed by atoms with E-state index < -0.39 is 29.7 Å². The second kappa shape index (κ2) is 17.1. The molecule has 0 saturated carbocycles. The minimum Gasteiger partial charge on any atom is -0.390 e. The molecule has 1 amide bonds. The average molecular weight is 590 g/mol. The molecule has 0 bridgehead atoms. The van der Waals surface area contributed by atoms with Crippen molar-refractivity contribution in [1.29, 1.82) is 5.26 Å². The number of aryl methyl sites for hydroxylation is 1. The molecule has 3 N–H and O–H groups in total. The highest BCUT2D eigenvalue weighted by Gasteiger charge is 2.24. The van der Waals surface area contributed by atoms with Crippen LogP contribution in [0.3, 0.4) is 0 Å². The number of nitrogens with zero attached hydrogens (tertiary/aromatic N) is 3. The van der Waals surface area contributed by atoms with Crippen molar-refractivity contribution in [3.63, 3.8) is 0 Å². The molecule has 2 atom stereocenters. The van der Waals surface area contributed by atoms with Gasteiger partial charge < -0.3 is 20.6 Å². The number of benzene rings is 3. The highest BCUT2D eigenvalue weighted by atomic mass is 19.1. The van der Waals surface area contributed by atoms with Gasteiger partial charge in [-0.25, -0.2) is 8.78 Å². The van der Waals surface area contributed by atoms with E-state index in [1.54, 1.807) is 24.3 Å². The Labute approximate surface area is 253 Å². The SMILES string of the molecule is CCCN(CCC)/C(=N/C#N)c1cccc(C(=O)N[C@@H](Cc2cc(F)cc(F)c2)[C@H](O)CNCc2cccc(CC)c2)c1. The van der Waals surface area contributed by atoms with Gasteiger partial charge in [-0.05, 0) is 66.6 Å². The van der Waals surface area contributed by atoms with E-state index in [4.69, 9.17) is 0 Å². The highest BCUT2D eigenvalue weighted by Crippen LogP contribution is 2.15. The Morgan fingerprint density at radius 1 is 0.930 bits per heavy atom. The number of aliphatic hydroxyl groups is 1. The molecule has 9 heteroatoms. The molecule has 0 fully saturated rings. The molecule has 3 rings (SSSR count). The van der Waals surface area contributed by atoms with Crippen molar-refractivity contribution in [3.8, 4) is 6.19 Å². The van der Waals surface area contributed by atoms with E-state index in [9.17, 15) is 23.9 Å². The van der Waals surface area contributed by atoms with Crippen molar-refractivity contribution in [2.24, 2.45) is 4.99 Å². The molecule has 7 nitrogen and oxygen atoms in total. The van der Waals surface area contributed by atoms with Crippen LogP contribution in [0.15, 0.2) is 71.7 Å². The van der Waals surface area contributed by atoms with Crippen molar-refractivity contribution in [3.05, 3.63) is 106 Å². The van der Waals surface area contributed by atoms with E-state index in [0.717, 1.165) is 30.9 Å². The normalized spacial score (nSPS) is 12.8. The Morgan fingerprint density at radius 2 is 1.58 bits per heavy atom. The van der Waals surface area contributed by atoms with E-state index in [0.29, 0.717) is 42.2 Å². The first-order valence-electron chi connectivity index (χ1n) is 14.8. The van der Waals surface area contributed by atoms with Crippen LogP contribution in [0.2, 0.25) is 0 Å². The molecular formula is C34H41F2N5O2. The van der Waals surface area contributed by atoms with Crippen LogP contribution in [0.25, 0.3) is 0 Å². The number of aliphatic imine (C=N–C) groups is 1. The highest BCUT2D eigenvalue weighted by molar-refractivity contribution is 6.02. The van der Waals surface area contributed by atoms with Gasteiger partial charge in [-0.15, -0.1) is 0 Å². The molecule has 228 valence electrons. The summed E-state index contributed by atoms with van der Waals surface area (Å²) in [5, 5.41) is 26.6. The predicted octanol–water partition coefficient (Wildman–Crippen LogP) is 5.37. The molecule has 0 aliphatic heterocycles. The maximum absolute atomic E-state index is 14.0. The first kappa shape index (κ1) is 33.4.